The van der Waals surface area contributed by atoms with Gasteiger partial charge >= 0.3 is 0 Å². The SMILES string of the molecule is CC(=O)CCNC(=O)COc1ccc(Cl)cc1. The molecule has 92 valence electrons. The second-order valence-corrected chi connectivity index (χ2v) is 3.98. The quantitative estimate of drug-likeness (QED) is 0.844. The Morgan fingerprint density at radius 1 is 1.29 bits per heavy atom. The lowest BCUT2D eigenvalue weighted by Crippen LogP contribution is -2.30. The third-order valence-electron chi connectivity index (χ3n) is 1.98. The van der Waals surface area contributed by atoms with E-state index in [1.54, 1.807) is 24.3 Å². The fraction of sp³-hybridized carbons (Fsp3) is 0.333. The second-order valence-electron chi connectivity index (χ2n) is 3.54. The minimum atomic E-state index is -0.249. The first kappa shape index (κ1) is 13.5. The molecular formula is C12H14ClNO3. The van der Waals surface area contributed by atoms with Gasteiger partial charge in [0.1, 0.15) is 11.5 Å². The van der Waals surface area contributed by atoms with Gasteiger partial charge in [0.25, 0.3) is 5.91 Å². The van der Waals surface area contributed by atoms with Gasteiger partial charge in [-0.25, -0.2) is 0 Å². The van der Waals surface area contributed by atoms with Gasteiger partial charge in [-0.3, -0.25) is 9.59 Å². The lowest BCUT2D eigenvalue weighted by molar-refractivity contribution is -0.123. The lowest BCUT2D eigenvalue weighted by Gasteiger charge is -2.06. The highest BCUT2D eigenvalue weighted by Crippen LogP contribution is 2.15. The predicted molar refractivity (Wildman–Crippen MR) is 65.3 cm³/mol. The number of ether oxygens (including phenoxy) is 1. The van der Waals surface area contributed by atoms with E-state index >= 15 is 0 Å². The highest BCUT2D eigenvalue weighted by molar-refractivity contribution is 6.30. The predicted octanol–water partition coefficient (Wildman–Crippen LogP) is 1.81. The van der Waals surface area contributed by atoms with Crippen LogP contribution in [-0.4, -0.2) is 24.8 Å². The Hall–Kier alpha value is -1.55. The molecule has 1 N–H and O–H groups in total. The highest BCUT2D eigenvalue weighted by atomic mass is 35.5. The van der Waals surface area contributed by atoms with E-state index in [4.69, 9.17) is 16.3 Å². The number of Topliss-reactive ketones (excluding diaryl/α,β-unsaturated/α-hetero) is 1. The van der Waals surface area contributed by atoms with Gasteiger partial charge in [0.2, 0.25) is 0 Å². The molecular weight excluding hydrogens is 242 g/mol. The standard InChI is InChI=1S/C12H14ClNO3/c1-9(15)6-7-14-12(16)8-17-11-4-2-10(13)3-5-11/h2-5H,6-8H2,1H3,(H,14,16). The monoisotopic (exact) mass is 255 g/mol. The summed E-state index contributed by atoms with van der Waals surface area (Å²) in [6, 6.07) is 6.74. The van der Waals surface area contributed by atoms with Crippen molar-refractivity contribution in [1.29, 1.82) is 0 Å². The molecule has 1 amide bonds. The number of amides is 1. The van der Waals surface area contributed by atoms with Crippen molar-refractivity contribution < 1.29 is 14.3 Å². The number of rotatable bonds is 6. The zero-order valence-electron chi connectivity index (χ0n) is 9.53. The molecule has 0 aliphatic carbocycles. The molecule has 1 rings (SSSR count). The number of nitrogens with one attached hydrogen (secondary N) is 1. The molecule has 0 heterocycles. The van der Waals surface area contributed by atoms with Crippen molar-refractivity contribution in [3.63, 3.8) is 0 Å². The van der Waals surface area contributed by atoms with E-state index in [9.17, 15) is 9.59 Å². The van der Waals surface area contributed by atoms with Crippen LogP contribution < -0.4 is 10.1 Å². The molecule has 0 saturated heterocycles. The summed E-state index contributed by atoms with van der Waals surface area (Å²) in [5.74, 6) is 0.376. The number of hydrogen-bond acceptors (Lipinski definition) is 3. The van der Waals surface area contributed by atoms with Crippen molar-refractivity contribution >= 4 is 23.3 Å². The lowest BCUT2D eigenvalue weighted by atomic mass is 10.3. The molecule has 0 spiro atoms. The van der Waals surface area contributed by atoms with E-state index in [-0.39, 0.29) is 18.3 Å². The maximum atomic E-state index is 11.3. The average Bonchev–Trinajstić information content (AvgIpc) is 2.28. The summed E-state index contributed by atoms with van der Waals surface area (Å²) in [6.45, 7) is 1.76. The van der Waals surface area contributed by atoms with Crippen LogP contribution in [0.15, 0.2) is 24.3 Å². The summed E-state index contributed by atoms with van der Waals surface area (Å²) in [5.41, 5.74) is 0. The van der Waals surface area contributed by atoms with Crippen molar-refractivity contribution in [1.82, 2.24) is 5.32 Å². The minimum absolute atomic E-state index is 0.0453. The average molecular weight is 256 g/mol. The van der Waals surface area contributed by atoms with Crippen LogP contribution in [0.5, 0.6) is 5.75 Å². The van der Waals surface area contributed by atoms with Crippen LogP contribution in [0.25, 0.3) is 0 Å². The molecule has 4 nitrogen and oxygen atoms in total. The van der Waals surface area contributed by atoms with Gasteiger partial charge in [-0.15, -0.1) is 0 Å². The van der Waals surface area contributed by atoms with Crippen LogP contribution >= 0.6 is 11.6 Å². The second kappa shape index (κ2) is 6.91. The summed E-state index contributed by atoms with van der Waals surface area (Å²) >= 11 is 5.71. The normalized spacial score (nSPS) is 9.76. The van der Waals surface area contributed by atoms with Crippen LogP contribution in [0, 0.1) is 0 Å². The van der Waals surface area contributed by atoms with Crippen LogP contribution in [0.3, 0.4) is 0 Å². The molecule has 5 heteroatoms. The van der Waals surface area contributed by atoms with Crippen molar-refractivity contribution in [2.75, 3.05) is 13.2 Å². The maximum absolute atomic E-state index is 11.3. The Morgan fingerprint density at radius 2 is 1.94 bits per heavy atom. The smallest absolute Gasteiger partial charge is 0.257 e. The molecule has 0 unspecified atom stereocenters. The van der Waals surface area contributed by atoms with Crippen molar-refractivity contribution in [2.24, 2.45) is 0 Å². The van der Waals surface area contributed by atoms with Crippen LogP contribution in [0.4, 0.5) is 0 Å². The topological polar surface area (TPSA) is 55.4 Å². The molecule has 0 saturated carbocycles. The largest absolute Gasteiger partial charge is 0.484 e. The van der Waals surface area contributed by atoms with Gasteiger partial charge in [0.05, 0.1) is 0 Å². The Balaban J connectivity index is 2.23. The number of benzene rings is 1. The van der Waals surface area contributed by atoms with Gasteiger partial charge in [-0.05, 0) is 31.2 Å². The Kier molecular flexibility index (Phi) is 5.49. The first-order valence-corrected chi connectivity index (χ1v) is 5.60. The van der Waals surface area contributed by atoms with Gasteiger partial charge in [-0.2, -0.15) is 0 Å². The zero-order valence-corrected chi connectivity index (χ0v) is 10.3. The first-order chi connectivity index (χ1) is 8.08. The molecule has 0 atom stereocenters. The first-order valence-electron chi connectivity index (χ1n) is 5.22. The molecule has 0 bridgehead atoms. The summed E-state index contributed by atoms with van der Waals surface area (Å²) in [7, 11) is 0. The van der Waals surface area contributed by atoms with E-state index in [0.29, 0.717) is 23.7 Å². The number of carbonyl (C=O) groups excluding carboxylic acids is 2. The number of ketones is 1. The van der Waals surface area contributed by atoms with E-state index in [1.165, 1.54) is 6.92 Å². The number of halogens is 1. The minimum Gasteiger partial charge on any atom is -0.484 e. The highest BCUT2D eigenvalue weighted by Gasteiger charge is 2.02. The molecule has 17 heavy (non-hydrogen) atoms. The van der Waals surface area contributed by atoms with Crippen LogP contribution in [0.2, 0.25) is 5.02 Å². The maximum Gasteiger partial charge on any atom is 0.257 e. The van der Waals surface area contributed by atoms with Gasteiger partial charge in [-0.1, -0.05) is 11.6 Å². The Morgan fingerprint density at radius 3 is 2.53 bits per heavy atom. The molecule has 0 radical (unpaired) electrons. The van der Waals surface area contributed by atoms with Gasteiger partial charge in [0.15, 0.2) is 6.61 Å². The van der Waals surface area contributed by atoms with E-state index in [2.05, 4.69) is 5.32 Å². The molecule has 1 aromatic carbocycles. The van der Waals surface area contributed by atoms with Gasteiger partial charge < -0.3 is 10.1 Å². The third-order valence-corrected chi connectivity index (χ3v) is 2.23. The third kappa shape index (κ3) is 5.92. The summed E-state index contributed by atoms with van der Waals surface area (Å²) < 4.78 is 5.22. The summed E-state index contributed by atoms with van der Waals surface area (Å²) in [4.78, 5) is 21.9. The van der Waals surface area contributed by atoms with Crippen molar-refractivity contribution in [3.8, 4) is 5.75 Å². The summed E-state index contributed by atoms with van der Waals surface area (Å²) in [5, 5.41) is 3.20. The van der Waals surface area contributed by atoms with E-state index in [1.807, 2.05) is 0 Å². The van der Waals surface area contributed by atoms with Crippen LogP contribution in [0.1, 0.15) is 13.3 Å². The molecule has 0 aliphatic heterocycles. The molecule has 0 aromatic heterocycles. The zero-order chi connectivity index (χ0) is 12.7. The molecule has 0 fully saturated rings. The Bertz CT molecular complexity index is 389. The van der Waals surface area contributed by atoms with Crippen molar-refractivity contribution in [2.45, 2.75) is 13.3 Å². The molecule has 1 aromatic rings. The Labute approximate surface area is 105 Å². The van der Waals surface area contributed by atoms with Crippen LogP contribution in [-0.2, 0) is 9.59 Å². The number of carbonyl (C=O) groups is 2. The summed E-state index contributed by atoms with van der Waals surface area (Å²) in [6.07, 6.45) is 0.340. The molecule has 0 aliphatic rings. The fourth-order valence-electron chi connectivity index (χ4n) is 1.11. The van der Waals surface area contributed by atoms with E-state index in [0.717, 1.165) is 0 Å². The van der Waals surface area contributed by atoms with Gasteiger partial charge in [0, 0.05) is 18.0 Å². The van der Waals surface area contributed by atoms with Crippen molar-refractivity contribution in [3.05, 3.63) is 29.3 Å². The number of hydrogen-bond donors (Lipinski definition) is 1. The fourth-order valence-corrected chi connectivity index (χ4v) is 1.23. The van der Waals surface area contributed by atoms with E-state index < -0.39 is 0 Å².